The summed E-state index contributed by atoms with van der Waals surface area (Å²) in [4.78, 5) is 0. The lowest BCUT2D eigenvalue weighted by molar-refractivity contribution is 0.566. The molecule has 0 aliphatic heterocycles. The third-order valence-corrected chi connectivity index (χ3v) is 3.40. The molecular formula is C15H11BrF2N2. The second-order valence-electron chi connectivity index (χ2n) is 4.33. The zero-order chi connectivity index (χ0) is 14.7. The van der Waals surface area contributed by atoms with Crippen LogP contribution in [-0.4, -0.2) is 0 Å². The summed E-state index contributed by atoms with van der Waals surface area (Å²) >= 11 is 3.29. The van der Waals surface area contributed by atoms with E-state index in [4.69, 9.17) is 5.26 Å². The Hall–Kier alpha value is -1.93. The van der Waals surface area contributed by atoms with Crippen LogP contribution in [0.3, 0.4) is 0 Å². The summed E-state index contributed by atoms with van der Waals surface area (Å²) in [5, 5.41) is 12.1. The van der Waals surface area contributed by atoms with Crippen LogP contribution in [0.1, 0.15) is 24.1 Å². The molecule has 0 radical (unpaired) electrons. The number of hydrogen-bond acceptors (Lipinski definition) is 2. The molecule has 1 atom stereocenters. The molecule has 0 aliphatic rings. The number of halogens is 3. The predicted molar refractivity (Wildman–Crippen MR) is 77.3 cm³/mol. The van der Waals surface area contributed by atoms with Gasteiger partial charge in [-0.25, -0.2) is 8.78 Å². The van der Waals surface area contributed by atoms with Gasteiger partial charge in [-0.1, -0.05) is 22.0 Å². The van der Waals surface area contributed by atoms with Gasteiger partial charge in [0.1, 0.15) is 17.7 Å². The summed E-state index contributed by atoms with van der Waals surface area (Å²) in [6.45, 7) is 1.75. The highest BCUT2D eigenvalue weighted by Gasteiger charge is 2.13. The van der Waals surface area contributed by atoms with Gasteiger partial charge in [-0.3, -0.25) is 0 Å². The average molecular weight is 337 g/mol. The summed E-state index contributed by atoms with van der Waals surface area (Å²) in [6.07, 6.45) is 0. The molecule has 2 aromatic carbocycles. The number of nitriles is 1. The Morgan fingerprint density at radius 3 is 2.60 bits per heavy atom. The van der Waals surface area contributed by atoms with Crippen molar-refractivity contribution < 1.29 is 8.78 Å². The molecule has 2 nitrogen and oxygen atoms in total. The summed E-state index contributed by atoms with van der Waals surface area (Å²) in [5.41, 5.74) is 1.40. The van der Waals surface area contributed by atoms with Crippen LogP contribution in [0.25, 0.3) is 0 Å². The number of anilines is 1. The maximum Gasteiger partial charge on any atom is 0.131 e. The first-order valence-corrected chi connectivity index (χ1v) is 6.71. The van der Waals surface area contributed by atoms with Crippen molar-refractivity contribution in [2.45, 2.75) is 13.0 Å². The quantitative estimate of drug-likeness (QED) is 0.876. The van der Waals surface area contributed by atoms with Crippen molar-refractivity contribution in [3.8, 4) is 6.07 Å². The molecule has 0 fully saturated rings. The van der Waals surface area contributed by atoms with E-state index in [-0.39, 0.29) is 6.04 Å². The molecule has 0 heterocycles. The first-order valence-electron chi connectivity index (χ1n) is 5.92. The third-order valence-electron chi connectivity index (χ3n) is 2.90. The van der Waals surface area contributed by atoms with Crippen LogP contribution in [0.4, 0.5) is 14.5 Å². The van der Waals surface area contributed by atoms with Gasteiger partial charge in [0.25, 0.3) is 0 Å². The smallest absolute Gasteiger partial charge is 0.131 e. The van der Waals surface area contributed by atoms with Crippen molar-refractivity contribution in [2.75, 3.05) is 5.32 Å². The van der Waals surface area contributed by atoms with Crippen molar-refractivity contribution in [3.05, 3.63) is 63.6 Å². The maximum absolute atomic E-state index is 13.7. The van der Waals surface area contributed by atoms with E-state index in [2.05, 4.69) is 27.3 Å². The van der Waals surface area contributed by atoms with Gasteiger partial charge in [-0.05, 0) is 31.2 Å². The fourth-order valence-corrected chi connectivity index (χ4v) is 2.26. The topological polar surface area (TPSA) is 35.8 Å². The van der Waals surface area contributed by atoms with Gasteiger partial charge in [0, 0.05) is 16.1 Å². The van der Waals surface area contributed by atoms with Crippen molar-refractivity contribution >= 4 is 21.6 Å². The number of rotatable bonds is 3. The lowest BCUT2D eigenvalue weighted by atomic mass is 10.1. The normalized spacial score (nSPS) is 11.8. The van der Waals surface area contributed by atoms with E-state index < -0.39 is 11.6 Å². The molecule has 2 rings (SSSR count). The van der Waals surface area contributed by atoms with Crippen molar-refractivity contribution in [1.29, 1.82) is 5.26 Å². The zero-order valence-corrected chi connectivity index (χ0v) is 12.2. The van der Waals surface area contributed by atoms with E-state index in [0.29, 0.717) is 16.8 Å². The zero-order valence-electron chi connectivity index (χ0n) is 10.6. The minimum absolute atomic E-state index is 0.346. The van der Waals surface area contributed by atoms with Gasteiger partial charge in [0.2, 0.25) is 0 Å². The largest absolute Gasteiger partial charge is 0.377 e. The predicted octanol–water partition coefficient (Wildman–Crippen LogP) is 4.77. The van der Waals surface area contributed by atoms with Crippen LogP contribution in [0, 0.1) is 23.0 Å². The van der Waals surface area contributed by atoms with E-state index in [1.807, 2.05) is 0 Å². The number of hydrogen-bond donors (Lipinski definition) is 1. The molecule has 0 amide bonds. The second-order valence-corrected chi connectivity index (χ2v) is 5.25. The molecule has 20 heavy (non-hydrogen) atoms. The van der Waals surface area contributed by atoms with Crippen LogP contribution in [0.5, 0.6) is 0 Å². The van der Waals surface area contributed by atoms with E-state index in [1.165, 1.54) is 12.1 Å². The van der Waals surface area contributed by atoms with E-state index in [1.54, 1.807) is 25.1 Å². The molecule has 0 aliphatic carbocycles. The van der Waals surface area contributed by atoms with Crippen molar-refractivity contribution in [2.24, 2.45) is 0 Å². The lowest BCUT2D eigenvalue weighted by Crippen LogP contribution is -2.10. The minimum Gasteiger partial charge on any atom is -0.377 e. The van der Waals surface area contributed by atoms with Gasteiger partial charge in [0.15, 0.2) is 0 Å². The molecule has 2 aromatic rings. The molecule has 102 valence electrons. The van der Waals surface area contributed by atoms with Gasteiger partial charge >= 0.3 is 0 Å². The summed E-state index contributed by atoms with van der Waals surface area (Å²) in [7, 11) is 0. The van der Waals surface area contributed by atoms with Gasteiger partial charge in [0.05, 0.1) is 17.3 Å². The van der Waals surface area contributed by atoms with Crippen LogP contribution in [0.2, 0.25) is 0 Å². The van der Waals surface area contributed by atoms with Crippen LogP contribution in [-0.2, 0) is 0 Å². The number of nitrogens with one attached hydrogen (secondary N) is 1. The Morgan fingerprint density at radius 1 is 1.20 bits per heavy atom. The highest BCUT2D eigenvalue weighted by atomic mass is 79.9. The lowest BCUT2D eigenvalue weighted by Gasteiger charge is -2.17. The van der Waals surface area contributed by atoms with Crippen LogP contribution < -0.4 is 5.32 Å². The molecular weight excluding hydrogens is 326 g/mol. The molecule has 1 unspecified atom stereocenters. The second kappa shape index (κ2) is 6.02. The fraction of sp³-hybridized carbons (Fsp3) is 0.133. The molecule has 1 N–H and O–H groups in total. The van der Waals surface area contributed by atoms with Crippen LogP contribution >= 0.6 is 15.9 Å². The maximum atomic E-state index is 13.7. The average Bonchev–Trinajstić information content (AvgIpc) is 2.40. The van der Waals surface area contributed by atoms with Crippen molar-refractivity contribution in [1.82, 2.24) is 0 Å². The minimum atomic E-state index is -0.611. The highest BCUT2D eigenvalue weighted by Crippen LogP contribution is 2.26. The SMILES string of the molecule is CC(Nc1ccc(Br)cc1C#N)c1ccc(F)cc1F. The Kier molecular flexibility index (Phi) is 4.35. The van der Waals surface area contributed by atoms with Crippen molar-refractivity contribution in [3.63, 3.8) is 0 Å². The number of nitrogens with zero attached hydrogens (tertiary/aromatic N) is 1. The molecule has 0 saturated carbocycles. The van der Waals surface area contributed by atoms with Gasteiger partial charge in [-0.2, -0.15) is 5.26 Å². The van der Waals surface area contributed by atoms with Crippen LogP contribution in [0.15, 0.2) is 40.9 Å². The summed E-state index contributed by atoms with van der Waals surface area (Å²) in [5.74, 6) is -1.22. The third kappa shape index (κ3) is 3.14. The molecule has 0 bridgehead atoms. The first-order chi connectivity index (χ1) is 9.51. The molecule has 0 aromatic heterocycles. The summed E-state index contributed by atoms with van der Waals surface area (Å²) in [6, 6.07) is 10.3. The van der Waals surface area contributed by atoms with E-state index in [9.17, 15) is 8.78 Å². The monoisotopic (exact) mass is 336 g/mol. The van der Waals surface area contributed by atoms with Gasteiger partial charge in [-0.15, -0.1) is 0 Å². The molecule has 5 heteroatoms. The standard InChI is InChI=1S/C15H11BrF2N2/c1-9(13-4-3-12(17)7-14(13)18)20-15-5-2-11(16)6-10(15)8-19/h2-7,9,20H,1H3. The fourth-order valence-electron chi connectivity index (χ4n) is 1.90. The highest BCUT2D eigenvalue weighted by molar-refractivity contribution is 9.10. The van der Waals surface area contributed by atoms with E-state index in [0.717, 1.165) is 10.5 Å². The van der Waals surface area contributed by atoms with Gasteiger partial charge < -0.3 is 5.32 Å². The molecule has 0 spiro atoms. The Morgan fingerprint density at radius 2 is 1.95 bits per heavy atom. The summed E-state index contributed by atoms with van der Waals surface area (Å²) < 4.78 is 27.4. The first kappa shape index (κ1) is 14.5. The Labute approximate surface area is 124 Å². The number of benzene rings is 2. The molecule has 0 saturated heterocycles. The Balaban J connectivity index is 2.28. The van der Waals surface area contributed by atoms with E-state index >= 15 is 0 Å². The Bertz CT molecular complexity index is 680.